The van der Waals surface area contributed by atoms with E-state index in [4.69, 9.17) is 4.42 Å². The minimum Gasteiger partial charge on any atom is -0.467 e. The first-order valence-electron chi connectivity index (χ1n) is 10.9. The molecule has 4 rings (SSSR count). The molecule has 0 aliphatic rings. The van der Waals surface area contributed by atoms with E-state index in [9.17, 15) is 13.2 Å². The van der Waals surface area contributed by atoms with Gasteiger partial charge in [0.25, 0.3) is 0 Å². The van der Waals surface area contributed by atoms with Crippen molar-refractivity contribution in [2.45, 2.75) is 18.0 Å². The van der Waals surface area contributed by atoms with Crippen molar-refractivity contribution in [1.82, 2.24) is 9.21 Å². The van der Waals surface area contributed by atoms with E-state index in [1.54, 1.807) is 41.5 Å². The number of hydrogen-bond donors (Lipinski definition) is 0. The first-order valence-corrected chi connectivity index (χ1v) is 12.4. The molecule has 0 radical (unpaired) electrons. The predicted octanol–water partition coefficient (Wildman–Crippen LogP) is 4.84. The lowest BCUT2D eigenvalue weighted by molar-refractivity contribution is -0.132. The molecule has 0 N–H and O–H groups in total. The van der Waals surface area contributed by atoms with Gasteiger partial charge in [-0.05, 0) is 40.6 Å². The summed E-state index contributed by atoms with van der Waals surface area (Å²) in [4.78, 5) is 15.1. The summed E-state index contributed by atoms with van der Waals surface area (Å²) in [5.41, 5.74) is 0.940. The van der Waals surface area contributed by atoms with E-state index in [-0.39, 0.29) is 30.4 Å². The highest BCUT2D eigenvalue weighted by atomic mass is 32.2. The number of rotatable bonds is 10. The Labute approximate surface area is 199 Å². The van der Waals surface area contributed by atoms with Gasteiger partial charge in [-0.25, -0.2) is 8.42 Å². The average Bonchev–Trinajstić information content (AvgIpc) is 3.37. The van der Waals surface area contributed by atoms with E-state index >= 15 is 0 Å². The van der Waals surface area contributed by atoms with Gasteiger partial charge >= 0.3 is 0 Å². The molecule has 0 atom stereocenters. The van der Waals surface area contributed by atoms with Crippen LogP contribution in [0.1, 0.15) is 11.3 Å². The minimum atomic E-state index is -3.93. The quantitative estimate of drug-likeness (QED) is 0.309. The Kier molecular flexibility index (Phi) is 7.25. The second-order valence-electron chi connectivity index (χ2n) is 7.91. The Hall–Kier alpha value is -3.68. The molecule has 1 heterocycles. The monoisotopic (exact) mass is 474 g/mol. The van der Waals surface area contributed by atoms with Gasteiger partial charge in [-0.1, -0.05) is 66.7 Å². The minimum absolute atomic E-state index is 0.0147. The van der Waals surface area contributed by atoms with E-state index in [1.807, 2.05) is 54.6 Å². The molecule has 34 heavy (non-hydrogen) atoms. The summed E-state index contributed by atoms with van der Waals surface area (Å²) in [7, 11) is -3.93. The van der Waals surface area contributed by atoms with E-state index < -0.39 is 10.0 Å². The van der Waals surface area contributed by atoms with Crippen LogP contribution in [0.4, 0.5) is 0 Å². The highest BCUT2D eigenvalue weighted by Crippen LogP contribution is 2.22. The van der Waals surface area contributed by atoms with Gasteiger partial charge in [-0.3, -0.25) is 4.79 Å². The van der Waals surface area contributed by atoms with Crippen molar-refractivity contribution in [3.05, 3.63) is 115 Å². The van der Waals surface area contributed by atoms with Crippen LogP contribution in [0.15, 0.2) is 113 Å². The second-order valence-corrected chi connectivity index (χ2v) is 9.85. The van der Waals surface area contributed by atoms with Crippen LogP contribution in [0.5, 0.6) is 0 Å². The molecule has 0 unspecified atom stereocenters. The van der Waals surface area contributed by atoms with Crippen molar-refractivity contribution in [3.8, 4) is 0 Å². The zero-order chi connectivity index (χ0) is 24.0. The number of amides is 1. The highest BCUT2D eigenvalue weighted by molar-refractivity contribution is 7.89. The maximum Gasteiger partial charge on any atom is 0.243 e. The fourth-order valence-corrected chi connectivity index (χ4v) is 5.14. The molecule has 3 aromatic carbocycles. The average molecular weight is 475 g/mol. The van der Waals surface area contributed by atoms with Crippen LogP contribution in [0.3, 0.4) is 0 Å². The number of sulfonamides is 1. The first kappa shape index (κ1) is 23.5. The Bertz CT molecular complexity index is 1370. The molecule has 4 aromatic rings. The van der Waals surface area contributed by atoms with Gasteiger partial charge in [0.2, 0.25) is 15.9 Å². The Morgan fingerprint density at radius 1 is 0.882 bits per heavy atom. The SMILES string of the molecule is C=CCN(CC(=O)N(Cc1ccccc1)Cc1ccco1)S(=O)(=O)c1ccc2ccccc2c1. The number of carbonyl (C=O) groups excluding carboxylic acids is 1. The van der Waals surface area contributed by atoms with E-state index in [0.29, 0.717) is 12.3 Å². The molecule has 0 aliphatic carbocycles. The van der Waals surface area contributed by atoms with Crippen molar-refractivity contribution in [2.75, 3.05) is 13.1 Å². The van der Waals surface area contributed by atoms with Gasteiger partial charge in [-0.2, -0.15) is 4.31 Å². The number of carbonyl (C=O) groups is 1. The lowest BCUT2D eigenvalue weighted by atomic mass is 10.1. The zero-order valence-corrected chi connectivity index (χ0v) is 19.5. The van der Waals surface area contributed by atoms with Crippen LogP contribution in [-0.4, -0.2) is 36.6 Å². The molecule has 174 valence electrons. The molecule has 0 saturated carbocycles. The number of benzene rings is 3. The van der Waals surface area contributed by atoms with Gasteiger partial charge in [-0.15, -0.1) is 6.58 Å². The summed E-state index contributed by atoms with van der Waals surface area (Å²) in [6.45, 7) is 3.96. The van der Waals surface area contributed by atoms with Crippen molar-refractivity contribution < 1.29 is 17.6 Å². The third kappa shape index (κ3) is 5.44. The number of hydrogen-bond acceptors (Lipinski definition) is 4. The van der Waals surface area contributed by atoms with Gasteiger partial charge < -0.3 is 9.32 Å². The van der Waals surface area contributed by atoms with Crippen molar-refractivity contribution >= 4 is 26.7 Å². The molecular formula is C27H26N2O4S. The third-order valence-corrected chi connectivity index (χ3v) is 7.31. The zero-order valence-electron chi connectivity index (χ0n) is 18.7. The number of fused-ring (bicyclic) bond motifs is 1. The lowest BCUT2D eigenvalue weighted by Crippen LogP contribution is -2.42. The summed E-state index contributed by atoms with van der Waals surface area (Å²) in [5, 5.41) is 1.76. The van der Waals surface area contributed by atoms with Crippen molar-refractivity contribution in [2.24, 2.45) is 0 Å². The topological polar surface area (TPSA) is 70.8 Å². The predicted molar refractivity (Wildman–Crippen MR) is 132 cm³/mol. The van der Waals surface area contributed by atoms with Gasteiger partial charge in [0.15, 0.2) is 0 Å². The van der Waals surface area contributed by atoms with E-state index in [1.165, 1.54) is 6.08 Å². The highest BCUT2D eigenvalue weighted by Gasteiger charge is 2.28. The summed E-state index contributed by atoms with van der Waals surface area (Å²) in [5.74, 6) is 0.295. The molecule has 0 fully saturated rings. The fraction of sp³-hybridized carbons (Fsp3) is 0.148. The maximum atomic E-state index is 13.5. The molecule has 1 aromatic heterocycles. The van der Waals surface area contributed by atoms with Crippen LogP contribution in [0, 0.1) is 0 Å². The molecule has 1 amide bonds. The standard InChI is InChI=1S/C27H26N2O4S/c1-2-16-29(34(31,32)26-15-14-23-11-6-7-12-24(23)18-26)21-27(30)28(20-25-13-8-17-33-25)19-22-9-4-3-5-10-22/h2-15,17-18H,1,16,19-21H2. The largest absolute Gasteiger partial charge is 0.467 e. The van der Waals surface area contributed by atoms with Gasteiger partial charge in [0.1, 0.15) is 5.76 Å². The second kappa shape index (κ2) is 10.5. The van der Waals surface area contributed by atoms with Crippen LogP contribution in [0.25, 0.3) is 10.8 Å². The molecule has 6 nitrogen and oxygen atoms in total. The normalized spacial score (nSPS) is 11.6. The maximum absolute atomic E-state index is 13.5. The van der Waals surface area contributed by atoms with E-state index in [0.717, 1.165) is 20.6 Å². The lowest BCUT2D eigenvalue weighted by Gasteiger charge is -2.26. The summed E-state index contributed by atoms with van der Waals surface area (Å²) in [6, 6.07) is 25.6. The van der Waals surface area contributed by atoms with Crippen LogP contribution >= 0.6 is 0 Å². The van der Waals surface area contributed by atoms with Crippen molar-refractivity contribution in [3.63, 3.8) is 0 Å². The first-order chi connectivity index (χ1) is 16.5. The molecule has 0 bridgehead atoms. The van der Waals surface area contributed by atoms with Crippen molar-refractivity contribution in [1.29, 1.82) is 0 Å². The van der Waals surface area contributed by atoms with Crippen LogP contribution in [-0.2, 0) is 27.9 Å². The fourth-order valence-electron chi connectivity index (χ4n) is 3.75. The third-order valence-electron chi connectivity index (χ3n) is 5.50. The van der Waals surface area contributed by atoms with E-state index in [2.05, 4.69) is 6.58 Å². The van der Waals surface area contributed by atoms with Gasteiger partial charge in [0.05, 0.1) is 24.2 Å². The molecular weight excluding hydrogens is 448 g/mol. The molecule has 0 saturated heterocycles. The Morgan fingerprint density at radius 2 is 1.62 bits per heavy atom. The van der Waals surface area contributed by atoms with Crippen LogP contribution < -0.4 is 0 Å². The number of furan rings is 1. The van der Waals surface area contributed by atoms with Crippen LogP contribution in [0.2, 0.25) is 0 Å². The summed E-state index contributed by atoms with van der Waals surface area (Å²) >= 11 is 0. The van der Waals surface area contributed by atoms with Gasteiger partial charge in [0, 0.05) is 13.1 Å². The Balaban J connectivity index is 1.60. The summed E-state index contributed by atoms with van der Waals surface area (Å²) < 4.78 is 33.6. The smallest absolute Gasteiger partial charge is 0.243 e. The Morgan fingerprint density at radius 3 is 2.32 bits per heavy atom. The molecule has 0 aliphatic heterocycles. The molecule has 0 spiro atoms. The molecule has 7 heteroatoms. The summed E-state index contributed by atoms with van der Waals surface area (Å²) in [6.07, 6.45) is 3.04. The number of nitrogens with zero attached hydrogens (tertiary/aromatic N) is 2.